The topological polar surface area (TPSA) is 15.3 Å². The third-order valence-corrected chi connectivity index (χ3v) is 5.51. The number of anilines is 1. The molecule has 0 bridgehead atoms. The van der Waals surface area contributed by atoms with Crippen LogP contribution in [0.2, 0.25) is 10.0 Å². The average Bonchev–Trinajstić information content (AvgIpc) is 2.92. The molecule has 1 saturated carbocycles. The first-order valence-electron chi connectivity index (χ1n) is 7.71. The van der Waals surface area contributed by atoms with Crippen molar-refractivity contribution in [2.45, 2.75) is 50.6 Å². The zero-order valence-electron chi connectivity index (χ0n) is 12.3. The summed E-state index contributed by atoms with van der Waals surface area (Å²) >= 11 is 12.0. The largest absolute Gasteiger partial charge is 0.365 e. The highest BCUT2D eigenvalue weighted by molar-refractivity contribution is 6.35. The Labute approximate surface area is 135 Å². The highest BCUT2D eigenvalue weighted by Crippen LogP contribution is 2.37. The van der Waals surface area contributed by atoms with Gasteiger partial charge in [-0.15, -0.1) is 0 Å². The summed E-state index contributed by atoms with van der Waals surface area (Å²) in [6.45, 7) is 4.09. The van der Waals surface area contributed by atoms with E-state index in [2.05, 4.69) is 17.1 Å². The van der Waals surface area contributed by atoms with Crippen molar-refractivity contribution >= 4 is 28.9 Å². The maximum absolute atomic E-state index is 13.7. The fraction of sp³-hybridized carbons (Fsp3) is 0.625. The first kappa shape index (κ1) is 15.4. The van der Waals surface area contributed by atoms with Crippen LogP contribution < -0.4 is 10.2 Å². The van der Waals surface area contributed by atoms with Crippen molar-refractivity contribution < 1.29 is 4.39 Å². The molecule has 1 saturated heterocycles. The number of nitrogens with zero attached hydrogens (tertiary/aromatic N) is 1. The van der Waals surface area contributed by atoms with Crippen LogP contribution in [0.1, 0.15) is 39.0 Å². The van der Waals surface area contributed by atoms with E-state index in [-0.39, 0.29) is 15.6 Å². The minimum atomic E-state index is -0.527. The average molecular weight is 331 g/mol. The number of rotatable bonds is 2. The Kier molecular flexibility index (Phi) is 4.35. The number of nitrogens with one attached hydrogen (secondary N) is 1. The fourth-order valence-electron chi connectivity index (χ4n) is 3.72. The van der Waals surface area contributed by atoms with Crippen molar-refractivity contribution in [1.82, 2.24) is 5.32 Å². The molecule has 3 rings (SSSR count). The van der Waals surface area contributed by atoms with Gasteiger partial charge in [0.15, 0.2) is 5.82 Å². The number of hydrogen-bond donors (Lipinski definition) is 1. The first-order chi connectivity index (χ1) is 10.0. The summed E-state index contributed by atoms with van der Waals surface area (Å²) in [5.41, 5.74) is 1.14. The molecule has 2 aliphatic rings. The molecule has 21 heavy (non-hydrogen) atoms. The summed E-state index contributed by atoms with van der Waals surface area (Å²) in [7, 11) is 0. The van der Waals surface area contributed by atoms with E-state index in [4.69, 9.17) is 23.2 Å². The Morgan fingerprint density at radius 1 is 1.29 bits per heavy atom. The first-order valence-corrected chi connectivity index (χ1v) is 8.46. The van der Waals surface area contributed by atoms with Gasteiger partial charge in [-0.05, 0) is 31.4 Å². The van der Waals surface area contributed by atoms with E-state index in [0.29, 0.717) is 6.04 Å². The van der Waals surface area contributed by atoms with Crippen molar-refractivity contribution in [3.8, 4) is 0 Å². The Bertz CT molecular complexity index is 506. The van der Waals surface area contributed by atoms with E-state index in [0.717, 1.165) is 25.2 Å². The number of piperazine rings is 1. The second-order valence-corrected chi connectivity index (χ2v) is 7.10. The molecule has 0 amide bonds. The monoisotopic (exact) mass is 330 g/mol. The lowest BCUT2D eigenvalue weighted by Gasteiger charge is -2.47. The second kappa shape index (κ2) is 5.94. The van der Waals surface area contributed by atoms with Gasteiger partial charge in [0.05, 0.1) is 10.0 Å². The highest BCUT2D eigenvalue weighted by Gasteiger charge is 2.40. The summed E-state index contributed by atoms with van der Waals surface area (Å²) < 4.78 is 13.7. The molecule has 1 aliphatic carbocycles. The van der Waals surface area contributed by atoms with Gasteiger partial charge in [-0.3, -0.25) is 0 Å². The molecule has 2 fully saturated rings. The number of benzene rings is 1. The molecule has 2 nitrogen and oxygen atoms in total. The van der Waals surface area contributed by atoms with Gasteiger partial charge in [0.2, 0.25) is 0 Å². The number of halogens is 3. The number of hydrogen-bond acceptors (Lipinski definition) is 2. The highest BCUT2D eigenvalue weighted by atomic mass is 35.5. The van der Waals surface area contributed by atoms with Crippen molar-refractivity contribution in [3.63, 3.8) is 0 Å². The van der Waals surface area contributed by atoms with Crippen LogP contribution in [0.25, 0.3) is 0 Å². The molecule has 0 aromatic heterocycles. The lowest BCUT2D eigenvalue weighted by molar-refractivity contribution is 0.267. The van der Waals surface area contributed by atoms with E-state index < -0.39 is 5.82 Å². The third-order valence-electron chi connectivity index (χ3n) is 4.96. The van der Waals surface area contributed by atoms with E-state index in [1.54, 1.807) is 12.1 Å². The molecule has 1 aromatic carbocycles. The van der Waals surface area contributed by atoms with Gasteiger partial charge in [-0.25, -0.2) is 4.39 Å². The molecule has 1 spiro atoms. The van der Waals surface area contributed by atoms with Crippen LogP contribution >= 0.6 is 23.2 Å². The third kappa shape index (κ3) is 2.88. The quantitative estimate of drug-likeness (QED) is 0.795. The van der Waals surface area contributed by atoms with Crippen LogP contribution in [-0.2, 0) is 0 Å². The summed E-state index contributed by atoms with van der Waals surface area (Å²) in [5.74, 6) is -0.527. The molecular weight excluding hydrogens is 310 g/mol. The van der Waals surface area contributed by atoms with Gasteiger partial charge in [0.1, 0.15) is 0 Å². The summed E-state index contributed by atoms with van der Waals surface area (Å²) in [5, 5.41) is 3.96. The second-order valence-electron chi connectivity index (χ2n) is 6.28. The van der Waals surface area contributed by atoms with Crippen LogP contribution in [-0.4, -0.2) is 24.7 Å². The molecule has 1 heterocycles. The van der Waals surface area contributed by atoms with E-state index in [1.807, 2.05) is 0 Å². The van der Waals surface area contributed by atoms with Crippen LogP contribution in [0.5, 0.6) is 0 Å². The molecule has 1 N–H and O–H groups in total. The summed E-state index contributed by atoms with van der Waals surface area (Å²) in [6, 6.07) is 3.81. The Morgan fingerprint density at radius 3 is 2.48 bits per heavy atom. The molecule has 1 aliphatic heterocycles. The molecule has 0 radical (unpaired) electrons. The molecule has 1 unspecified atom stereocenters. The Balaban J connectivity index is 1.93. The minimum absolute atomic E-state index is 0.103. The predicted molar refractivity (Wildman–Crippen MR) is 87.0 cm³/mol. The smallest absolute Gasteiger partial charge is 0.160 e. The maximum Gasteiger partial charge on any atom is 0.160 e. The zero-order valence-corrected chi connectivity index (χ0v) is 13.8. The van der Waals surface area contributed by atoms with Gasteiger partial charge in [0.25, 0.3) is 0 Å². The van der Waals surface area contributed by atoms with Crippen molar-refractivity contribution in [2.75, 3.05) is 18.0 Å². The molecule has 5 heteroatoms. The molecule has 1 atom stereocenters. The summed E-state index contributed by atoms with van der Waals surface area (Å²) in [6.07, 6.45) is 6.02. The Morgan fingerprint density at radius 2 is 1.90 bits per heavy atom. The van der Waals surface area contributed by atoms with Crippen LogP contribution in [0.3, 0.4) is 0 Å². The van der Waals surface area contributed by atoms with Gasteiger partial charge in [-0.1, -0.05) is 43.0 Å². The minimum Gasteiger partial charge on any atom is -0.365 e. The lowest BCUT2D eigenvalue weighted by Crippen LogP contribution is -2.63. The van der Waals surface area contributed by atoms with E-state index in [9.17, 15) is 4.39 Å². The van der Waals surface area contributed by atoms with Crippen molar-refractivity contribution in [2.24, 2.45) is 0 Å². The van der Waals surface area contributed by atoms with Gasteiger partial charge in [-0.2, -0.15) is 0 Å². The van der Waals surface area contributed by atoms with Gasteiger partial charge in [0, 0.05) is 30.4 Å². The van der Waals surface area contributed by atoms with E-state index in [1.165, 1.54) is 25.7 Å². The zero-order chi connectivity index (χ0) is 15.0. The van der Waals surface area contributed by atoms with Crippen LogP contribution in [0.15, 0.2) is 12.1 Å². The molecular formula is C16H21Cl2FN2. The normalized spacial score (nSPS) is 24.8. The van der Waals surface area contributed by atoms with Gasteiger partial charge >= 0.3 is 0 Å². The van der Waals surface area contributed by atoms with E-state index >= 15 is 0 Å². The summed E-state index contributed by atoms with van der Waals surface area (Å²) in [4.78, 5) is 2.36. The SMILES string of the molecule is CCC1CNC2(CCCC2)CN1c1cc(Cl)c(F)c(Cl)c1. The van der Waals surface area contributed by atoms with Crippen molar-refractivity contribution in [1.29, 1.82) is 0 Å². The standard InChI is InChI=1S/C16H21Cl2FN2/c1-2-11-9-20-16(5-3-4-6-16)10-21(11)12-7-13(17)15(19)14(18)8-12/h7-8,11,20H,2-6,9-10H2,1H3. The van der Waals surface area contributed by atoms with Crippen LogP contribution in [0, 0.1) is 5.82 Å². The van der Waals surface area contributed by atoms with Crippen LogP contribution in [0.4, 0.5) is 10.1 Å². The maximum atomic E-state index is 13.7. The lowest BCUT2D eigenvalue weighted by atomic mass is 9.91. The van der Waals surface area contributed by atoms with Gasteiger partial charge < -0.3 is 10.2 Å². The molecule has 116 valence electrons. The fourth-order valence-corrected chi connectivity index (χ4v) is 4.19. The predicted octanol–water partition coefficient (Wildman–Crippen LogP) is 4.63. The molecule has 1 aromatic rings. The van der Waals surface area contributed by atoms with Crippen molar-refractivity contribution in [3.05, 3.63) is 28.0 Å². The Hall–Kier alpha value is -0.510.